The van der Waals surface area contributed by atoms with E-state index >= 15 is 0 Å². The van der Waals surface area contributed by atoms with Gasteiger partial charge < -0.3 is 15.4 Å². The van der Waals surface area contributed by atoms with E-state index in [-0.39, 0.29) is 18.2 Å². The van der Waals surface area contributed by atoms with Crippen LogP contribution in [0.2, 0.25) is 0 Å². The first-order valence-corrected chi connectivity index (χ1v) is 7.83. The third-order valence-corrected chi connectivity index (χ3v) is 3.63. The van der Waals surface area contributed by atoms with Crippen LogP contribution < -0.4 is 15.4 Å². The van der Waals surface area contributed by atoms with Crippen molar-refractivity contribution in [3.05, 3.63) is 59.7 Å². The van der Waals surface area contributed by atoms with E-state index in [1.54, 1.807) is 25.3 Å². The predicted octanol–water partition coefficient (Wildman–Crippen LogP) is 2.67. The van der Waals surface area contributed by atoms with Crippen molar-refractivity contribution in [1.29, 1.82) is 0 Å². The Labute approximate surface area is 142 Å². The molecule has 2 aromatic carbocycles. The van der Waals surface area contributed by atoms with E-state index < -0.39 is 0 Å². The van der Waals surface area contributed by atoms with Crippen LogP contribution in [-0.2, 0) is 11.2 Å². The van der Waals surface area contributed by atoms with Crippen molar-refractivity contribution in [3.63, 3.8) is 0 Å². The number of Topliss-reactive ketones (excluding diaryl/α,β-unsaturated/α-hetero) is 1. The van der Waals surface area contributed by atoms with Crippen molar-refractivity contribution >= 4 is 17.4 Å². The monoisotopic (exact) mass is 326 g/mol. The van der Waals surface area contributed by atoms with Gasteiger partial charge in [-0.3, -0.25) is 9.59 Å². The summed E-state index contributed by atoms with van der Waals surface area (Å²) in [4.78, 5) is 23.3. The molecule has 0 aliphatic carbocycles. The summed E-state index contributed by atoms with van der Waals surface area (Å²) in [5.74, 6) is 0.726. The van der Waals surface area contributed by atoms with E-state index in [0.29, 0.717) is 18.5 Å². The molecule has 5 heteroatoms. The quantitative estimate of drug-likeness (QED) is 0.732. The van der Waals surface area contributed by atoms with E-state index in [9.17, 15) is 9.59 Å². The van der Waals surface area contributed by atoms with E-state index in [2.05, 4.69) is 10.6 Å². The number of amides is 1. The maximum Gasteiger partial charge on any atom is 0.239 e. The Kier molecular flexibility index (Phi) is 6.37. The SMILES string of the molecule is COc1ccccc1CCNC(=O)CNc1cccc(C(C)=O)c1. The molecule has 0 saturated carbocycles. The topological polar surface area (TPSA) is 67.4 Å². The smallest absolute Gasteiger partial charge is 0.239 e. The highest BCUT2D eigenvalue weighted by atomic mass is 16.5. The van der Waals surface area contributed by atoms with Crippen molar-refractivity contribution in [2.75, 3.05) is 25.5 Å². The maximum absolute atomic E-state index is 11.9. The molecule has 0 aliphatic heterocycles. The van der Waals surface area contributed by atoms with Crippen LogP contribution in [0.3, 0.4) is 0 Å². The van der Waals surface area contributed by atoms with Gasteiger partial charge in [0.25, 0.3) is 0 Å². The van der Waals surface area contributed by atoms with E-state index in [1.165, 1.54) is 6.92 Å². The third kappa shape index (κ3) is 5.12. The zero-order chi connectivity index (χ0) is 17.4. The van der Waals surface area contributed by atoms with Gasteiger partial charge in [-0.1, -0.05) is 30.3 Å². The molecule has 0 saturated heterocycles. The molecule has 0 bridgehead atoms. The summed E-state index contributed by atoms with van der Waals surface area (Å²) in [5.41, 5.74) is 2.43. The molecule has 0 aromatic heterocycles. The molecular weight excluding hydrogens is 304 g/mol. The molecule has 0 spiro atoms. The second-order valence-electron chi connectivity index (χ2n) is 5.40. The van der Waals surface area contributed by atoms with Crippen LogP contribution in [0.15, 0.2) is 48.5 Å². The average molecular weight is 326 g/mol. The first-order valence-electron chi connectivity index (χ1n) is 7.83. The lowest BCUT2D eigenvalue weighted by molar-refractivity contribution is -0.119. The number of ether oxygens (including phenoxy) is 1. The molecule has 126 valence electrons. The van der Waals surface area contributed by atoms with Gasteiger partial charge >= 0.3 is 0 Å². The van der Waals surface area contributed by atoms with E-state index in [0.717, 1.165) is 17.0 Å². The molecule has 0 atom stereocenters. The lowest BCUT2D eigenvalue weighted by Gasteiger charge is -2.10. The fraction of sp³-hybridized carbons (Fsp3) is 0.263. The van der Waals surface area contributed by atoms with Crippen molar-refractivity contribution in [1.82, 2.24) is 5.32 Å². The minimum atomic E-state index is -0.0990. The van der Waals surface area contributed by atoms with E-state index in [1.807, 2.05) is 30.3 Å². The number of rotatable bonds is 8. The van der Waals surface area contributed by atoms with Gasteiger partial charge in [0.05, 0.1) is 13.7 Å². The van der Waals surface area contributed by atoms with Crippen LogP contribution in [0, 0.1) is 0 Å². The van der Waals surface area contributed by atoms with Crippen molar-refractivity contribution in [3.8, 4) is 5.75 Å². The number of carbonyl (C=O) groups excluding carboxylic acids is 2. The van der Waals surface area contributed by atoms with Gasteiger partial charge in [0.1, 0.15) is 5.75 Å². The summed E-state index contributed by atoms with van der Waals surface area (Å²) in [6.07, 6.45) is 0.704. The molecule has 5 nitrogen and oxygen atoms in total. The lowest BCUT2D eigenvalue weighted by Crippen LogP contribution is -2.31. The number of hydrogen-bond acceptors (Lipinski definition) is 4. The number of ketones is 1. The second-order valence-corrected chi connectivity index (χ2v) is 5.40. The van der Waals surface area contributed by atoms with Gasteiger partial charge in [0.2, 0.25) is 5.91 Å². The molecule has 1 amide bonds. The summed E-state index contributed by atoms with van der Waals surface area (Å²) in [6, 6.07) is 14.9. The first kappa shape index (κ1) is 17.5. The summed E-state index contributed by atoms with van der Waals surface area (Å²) in [7, 11) is 1.64. The minimum absolute atomic E-state index is 0.0000834. The number of benzene rings is 2. The fourth-order valence-electron chi connectivity index (χ4n) is 2.34. The fourth-order valence-corrected chi connectivity index (χ4v) is 2.34. The molecule has 0 heterocycles. The average Bonchev–Trinajstić information content (AvgIpc) is 2.60. The molecule has 24 heavy (non-hydrogen) atoms. The van der Waals surface area contributed by atoms with Crippen LogP contribution >= 0.6 is 0 Å². The number of nitrogens with one attached hydrogen (secondary N) is 2. The number of anilines is 1. The number of para-hydroxylation sites is 1. The third-order valence-electron chi connectivity index (χ3n) is 3.63. The Balaban J connectivity index is 1.77. The number of methoxy groups -OCH3 is 1. The first-order chi connectivity index (χ1) is 11.6. The van der Waals surface area contributed by atoms with Gasteiger partial charge in [-0.2, -0.15) is 0 Å². The second kappa shape index (κ2) is 8.72. The van der Waals surface area contributed by atoms with Crippen LogP contribution in [-0.4, -0.2) is 31.9 Å². The standard InChI is InChI=1S/C19H22N2O3/c1-14(22)16-7-5-8-17(12-16)21-13-19(23)20-11-10-15-6-3-4-9-18(15)24-2/h3-9,12,21H,10-11,13H2,1-2H3,(H,20,23). The number of carbonyl (C=O) groups is 2. The normalized spacial score (nSPS) is 10.1. The highest BCUT2D eigenvalue weighted by Crippen LogP contribution is 2.17. The summed E-state index contributed by atoms with van der Waals surface area (Å²) < 4.78 is 5.29. The lowest BCUT2D eigenvalue weighted by atomic mass is 10.1. The van der Waals surface area contributed by atoms with Gasteiger partial charge in [-0.05, 0) is 37.1 Å². The van der Waals surface area contributed by atoms with Crippen LogP contribution in [0.5, 0.6) is 5.75 Å². The molecular formula is C19H22N2O3. The van der Waals surface area contributed by atoms with E-state index in [4.69, 9.17) is 4.74 Å². The Hall–Kier alpha value is -2.82. The van der Waals surface area contributed by atoms with Gasteiger partial charge in [0, 0.05) is 17.8 Å². The summed E-state index contributed by atoms with van der Waals surface area (Å²) in [5, 5.41) is 5.89. The van der Waals surface area contributed by atoms with Crippen molar-refractivity contribution in [2.45, 2.75) is 13.3 Å². The Bertz CT molecular complexity index is 713. The Morgan fingerprint density at radius 3 is 2.62 bits per heavy atom. The van der Waals surface area contributed by atoms with Gasteiger partial charge in [-0.25, -0.2) is 0 Å². The largest absolute Gasteiger partial charge is 0.496 e. The highest BCUT2D eigenvalue weighted by molar-refractivity contribution is 5.95. The minimum Gasteiger partial charge on any atom is -0.496 e. The molecule has 2 aromatic rings. The van der Waals surface area contributed by atoms with Crippen molar-refractivity contribution in [2.24, 2.45) is 0 Å². The van der Waals surface area contributed by atoms with Gasteiger partial charge in [-0.15, -0.1) is 0 Å². The molecule has 2 N–H and O–H groups in total. The predicted molar refractivity (Wildman–Crippen MR) is 94.6 cm³/mol. The highest BCUT2D eigenvalue weighted by Gasteiger charge is 2.05. The van der Waals surface area contributed by atoms with Crippen molar-refractivity contribution < 1.29 is 14.3 Å². The zero-order valence-corrected chi connectivity index (χ0v) is 14.0. The summed E-state index contributed by atoms with van der Waals surface area (Å²) >= 11 is 0. The number of hydrogen-bond donors (Lipinski definition) is 2. The van der Waals surface area contributed by atoms with Crippen LogP contribution in [0.4, 0.5) is 5.69 Å². The molecule has 0 fully saturated rings. The van der Waals surface area contributed by atoms with Gasteiger partial charge in [0.15, 0.2) is 5.78 Å². The molecule has 2 rings (SSSR count). The molecule has 0 aliphatic rings. The molecule has 0 unspecified atom stereocenters. The van der Waals surface area contributed by atoms with Crippen LogP contribution in [0.1, 0.15) is 22.8 Å². The maximum atomic E-state index is 11.9. The molecule has 0 radical (unpaired) electrons. The Morgan fingerprint density at radius 1 is 1.08 bits per heavy atom. The zero-order valence-electron chi connectivity index (χ0n) is 14.0. The van der Waals surface area contributed by atoms with Crippen LogP contribution in [0.25, 0.3) is 0 Å². The summed E-state index contributed by atoms with van der Waals surface area (Å²) in [6.45, 7) is 2.21. The Morgan fingerprint density at radius 2 is 1.88 bits per heavy atom.